The predicted octanol–water partition coefficient (Wildman–Crippen LogP) is 3.61. The zero-order valence-electron chi connectivity index (χ0n) is 10.2. The lowest BCUT2D eigenvalue weighted by atomic mass is 9.98. The zero-order valence-corrected chi connectivity index (χ0v) is 10.2. The minimum Gasteiger partial charge on any atom is -0.375 e. The molecule has 0 rings (SSSR count). The first-order chi connectivity index (χ1) is 6.58. The molecule has 0 aliphatic heterocycles. The van der Waals surface area contributed by atoms with Gasteiger partial charge in [0.05, 0.1) is 0 Å². The van der Waals surface area contributed by atoms with Crippen molar-refractivity contribution in [3.63, 3.8) is 0 Å². The summed E-state index contributed by atoms with van der Waals surface area (Å²) >= 11 is 0. The summed E-state index contributed by atoms with van der Waals surface area (Å²) in [4.78, 5) is 2.25. The van der Waals surface area contributed by atoms with E-state index in [1.165, 1.54) is 11.3 Å². The fraction of sp³-hybridized carbons (Fsp3) is 0.538. The highest BCUT2D eigenvalue weighted by Gasteiger charge is 2.10. The van der Waals surface area contributed by atoms with Crippen molar-refractivity contribution < 1.29 is 0 Å². The Labute approximate surface area is 88.8 Å². The van der Waals surface area contributed by atoms with Crippen LogP contribution in [0, 0.1) is 5.92 Å². The highest BCUT2D eigenvalue weighted by atomic mass is 15.1. The summed E-state index contributed by atoms with van der Waals surface area (Å²) in [5.74, 6) is 0.556. The molecule has 0 aromatic heterocycles. The molecule has 0 aliphatic rings. The molecule has 0 saturated heterocycles. The van der Waals surface area contributed by atoms with Crippen molar-refractivity contribution in [2.75, 3.05) is 13.6 Å². The Morgan fingerprint density at radius 1 is 1.43 bits per heavy atom. The van der Waals surface area contributed by atoms with E-state index in [0.29, 0.717) is 5.92 Å². The Morgan fingerprint density at radius 2 is 2.00 bits per heavy atom. The second-order valence-corrected chi connectivity index (χ2v) is 3.70. The van der Waals surface area contributed by atoms with Crippen molar-refractivity contribution in [1.82, 2.24) is 4.90 Å². The van der Waals surface area contributed by atoms with Crippen LogP contribution in [0.4, 0.5) is 0 Å². The molecule has 0 atom stereocenters. The second-order valence-electron chi connectivity index (χ2n) is 3.70. The first-order valence-corrected chi connectivity index (χ1v) is 5.28. The van der Waals surface area contributed by atoms with Crippen LogP contribution < -0.4 is 0 Å². The summed E-state index contributed by atoms with van der Waals surface area (Å²) in [6, 6.07) is 0. The molecule has 0 amide bonds. The first-order valence-electron chi connectivity index (χ1n) is 5.28. The molecule has 1 heteroatoms. The van der Waals surface area contributed by atoms with Crippen LogP contribution in [0.3, 0.4) is 0 Å². The molecule has 1 nitrogen and oxygen atoms in total. The van der Waals surface area contributed by atoms with Crippen LogP contribution in [0.5, 0.6) is 0 Å². The van der Waals surface area contributed by atoms with Crippen molar-refractivity contribution in [2.45, 2.75) is 27.7 Å². The average Bonchev–Trinajstić information content (AvgIpc) is 2.16. The van der Waals surface area contributed by atoms with Crippen LogP contribution in [0.2, 0.25) is 0 Å². The van der Waals surface area contributed by atoms with Crippen molar-refractivity contribution >= 4 is 0 Å². The minimum atomic E-state index is 0.556. The van der Waals surface area contributed by atoms with E-state index in [0.717, 1.165) is 6.54 Å². The monoisotopic (exact) mass is 193 g/mol. The third-order valence-electron chi connectivity index (χ3n) is 2.39. The fourth-order valence-electron chi connectivity index (χ4n) is 1.50. The Kier molecular flexibility index (Phi) is 6.02. The zero-order chi connectivity index (χ0) is 11.1. The largest absolute Gasteiger partial charge is 0.375 e. The Morgan fingerprint density at radius 3 is 2.29 bits per heavy atom. The summed E-state index contributed by atoms with van der Waals surface area (Å²) in [6.07, 6.45) is 6.12. The van der Waals surface area contributed by atoms with E-state index < -0.39 is 0 Å². The average molecular weight is 193 g/mol. The standard InChI is InChI=1S/C13H23N/c1-7-10-13(14(6)9-3)12(8-2)11(4)5/h7-8,10-11H,1,9H2,2-6H3/b12-8-,13-10+. The highest BCUT2D eigenvalue weighted by molar-refractivity contribution is 5.33. The van der Waals surface area contributed by atoms with Gasteiger partial charge in [-0.15, -0.1) is 0 Å². The Balaban J connectivity index is 5.00. The number of nitrogens with zero attached hydrogens (tertiary/aromatic N) is 1. The number of allylic oxidation sites excluding steroid dienone is 4. The molecule has 0 radical (unpaired) electrons. The second kappa shape index (κ2) is 6.47. The van der Waals surface area contributed by atoms with Gasteiger partial charge >= 0.3 is 0 Å². The van der Waals surface area contributed by atoms with E-state index in [4.69, 9.17) is 0 Å². The van der Waals surface area contributed by atoms with Crippen LogP contribution >= 0.6 is 0 Å². The summed E-state index contributed by atoms with van der Waals surface area (Å²) in [5, 5.41) is 0. The fourth-order valence-corrected chi connectivity index (χ4v) is 1.50. The van der Waals surface area contributed by atoms with Gasteiger partial charge in [-0.25, -0.2) is 0 Å². The van der Waals surface area contributed by atoms with Gasteiger partial charge in [0.15, 0.2) is 0 Å². The summed E-state index contributed by atoms with van der Waals surface area (Å²) < 4.78 is 0. The molecule has 0 bridgehead atoms. The van der Waals surface area contributed by atoms with Gasteiger partial charge in [0.25, 0.3) is 0 Å². The molecule has 0 aliphatic carbocycles. The first kappa shape index (κ1) is 13.0. The van der Waals surface area contributed by atoms with Crippen LogP contribution in [0.25, 0.3) is 0 Å². The number of likely N-dealkylation sites (N-methyl/N-ethyl adjacent to an activating group) is 1. The van der Waals surface area contributed by atoms with Crippen LogP contribution in [0.1, 0.15) is 27.7 Å². The maximum absolute atomic E-state index is 3.76. The number of rotatable bonds is 5. The van der Waals surface area contributed by atoms with E-state index in [2.05, 4.69) is 58.4 Å². The molecular weight excluding hydrogens is 170 g/mol. The molecule has 0 aromatic rings. The molecule has 0 fully saturated rings. The maximum atomic E-state index is 3.76. The quantitative estimate of drug-likeness (QED) is 0.603. The van der Waals surface area contributed by atoms with Gasteiger partial charge < -0.3 is 4.90 Å². The maximum Gasteiger partial charge on any atom is 0.0395 e. The lowest BCUT2D eigenvalue weighted by Gasteiger charge is -2.25. The highest BCUT2D eigenvalue weighted by Crippen LogP contribution is 2.21. The molecule has 0 saturated carbocycles. The predicted molar refractivity (Wildman–Crippen MR) is 65.2 cm³/mol. The SMILES string of the molecule is C=C/C=C(\C(=C/C)C(C)C)N(C)CC. The smallest absolute Gasteiger partial charge is 0.0395 e. The molecule has 14 heavy (non-hydrogen) atoms. The van der Waals surface area contributed by atoms with Crippen molar-refractivity contribution in [3.05, 3.63) is 36.1 Å². The summed E-state index contributed by atoms with van der Waals surface area (Å²) in [7, 11) is 2.11. The van der Waals surface area contributed by atoms with E-state index in [9.17, 15) is 0 Å². The molecule has 0 spiro atoms. The van der Waals surface area contributed by atoms with Gasteiger partial charge in [-0.1, -0.05) is 32.6 Å². The molecular formula is C13H23N. The number of hydrogen-bond acceptors (Lipinski definition) is 1. The van der Waals surface area contributed by atoms with E-state index in [1.807, 2.05) is 6.08 Å². The van der Waals surface area contributed by atoms with Crippen LogP contribution in [-0.2, 0) is 0 Å². The van der Waals surface area contributed by atoms with Gasteiger partial charge in [-0.3, -0.25) is 0 Å². The lowest BCUT2D eigenvalue weighted by molar-refractivity contribution is 0.439. The van der Waals surface area contributed by atoms with Crippen LogP contribution in [0.15, 0.2) is 36.1 Å². The normalized spacial score (nSPS) is 13.3. The van der Waals surface area contributed by atoms with E-state index in [-0.39, 0.29) is 0 Å². The van der Waals surface area contributed by atoms with Crippen molar-refractivity contribution in [2.24, 2.45) is 5.92 Å². The minimum absolute atomic E-state index is 0.556. The Hall–Kier alpha value is -0.980. The van der Waals surface area contributed by atoms with Crippen molar-refractivity contribution in [3.8, 4) is 0 Å². The van der Waals surface area contributed by atoms with Gasteiger partial charge in [0.1, 0.15) is 0 Å². The van der Waals surface area contributed by atoms with E-state index in [1.54, 1.807) is 0 Å². The topological polar surface area (TPSA) is 3.24 Å². The molecule has 0 unspecified atom stereocenters. The van der Waals surface area contributed by atoms with Gasteiger partial charge in [0.2, 0.25) is 0 Å². The third-order valence-corrected chi connectivity index (χ3v) is 2.39. The van der Waals surface area contributed by atoms with Gasteiger partial charge in [0, 0.05) is 19.3 Å². The Bertz CT molecular complexity index is 234. The molecule has 80 valence electrons. The van der Waals surface area contributed by atoms with Gasteiger partial charge in [-0.2, -0.15) is 0 Å². The van der Waals surface area contributed by atoms with E-state index >= 15 is 0 Å². The van der Waals surface area contributed by atoms with Crippen molar-refractivity contribution in [1.29, 1.82) is 0 Å². The molecule has 0 heterocycles. The lowest BCUT2D eigenvalue weighted by Crippen LogP contribution is -2.20. The van der Waals surface area contributed by atoms with Gasteiger partial charge in [-0.05, 0) is 31.4 Å². The molecule has 0 aromatic carbocycles. The summed E-state index contributed by atoms with van der Waals surface area (Å²) in [5.41, 5.74) is 2.66. The number of hydrogen-bond donors (Lipinski definition) is 0. The summed E-state index contributed by atoms with van der Waals surface area (Å²) in [6.45, 7) is 13.5. The van der Waals surface area contributed by atoms with Crippen LogP contribution in [-0.4, -0.2) is 18.5 Å². The molecule has 0 N–H and O–H groups in total. The third kappa shape index (κ3) is 3.41.